The van der Waals surface area contributed by atoms with Crippen molar-refractivity contribution in [1.82, 2.24) is 0 Å². The van der Waals surface area contributed by atoms with E-state index in [0.717, 1.165) is 0 Å². The van der Waals surface area contributed by atoms with Crippen LogP contribution in [-0.2, 0) is 0 Å². The van der Waals surface area contributed by atoms with Crippen LogP contribution in [0.2, 0.25) is 0 Å². The maximum atomic E-state index is 10.9. The molecule has 17 heavy (non-hydrogen) atoms. The number of benzene rings is 1. The van der Waals surface area contributed by atoms with Crippen molar-refractivity contribution in [2.45, 2.75) is 13.8 Å². The molecule has 0 radical (unpaired) electrons. The van der Waals surface area contributed by atoms with Crippen LogP contribution in [0.5, 0.6) is 0 Å². The molecule has 0 saturated heterocycles. The van der Waals surface area contributed by atoms with E-state index in [1.54, 1.807) is 0 Å². The Balaban J connectivity index is 3.04. The van der Waals surface area contributed by atoms with Crippen LogP contribution in [-0.4, -0.2) is 16.5 Å². The zero-order chi connectivity index (χ0) is 12.7. The van der Waals surface area contributed by atoms with Gasteiger partial charge in [-0.25, -0.2) is 0 Å². The van der Waals surface area contributed by atoms with Gasteiger partial charge in [0.25, 0.3) is 0 Å². The van der Waals surface area contributed by atoms with Crippen LogP contribution in [0.25, 0.3) is 0 Å². The van der Waals surface area contributed by atoms with Crippen LogP contribution in [0.1, 0.15) is 11.1 Å². The number of nitro groups is 2. The molecule has 8 heteroatoms. The third kappa shape index (κ3) is 1.45. The average molecular weight is 236 g/mol. The van der Waals surface area contributed by atoms with Gasteiger partial charge in [-0.1, -0.05) is 0 Å². The van der Waals surface area contributed by atoms with Gasteiger partial charge in [-0.05, 0) is 13.8 Å². The van der Waals surface area contributed by atoms with E-state index in [2.05, 4.69) is 9.98 Å². The first-order chi connectivity index (χ1) is 7.95. The first-order valence-electron chi connectivity index (χ1n) is 4.76. The van der Waals surface area contributed by atoms with E-state index in [9.17, 15) is 20.2 Å². The highest BCUT2D eigenvalue weighted by molar-refractivity contribution is 5.61. The Morgan fingerprint density at radius 1 is 0.941 bits per heavy atom. The van der Waals surface area contributed by atoms with Gasteiger partial charge < -0.3 is 0 Å². The van der Waals surface area contributed by atoms with E-state index in [0.29, 0.717) is 10.7 Å². The highest BCUT2D eigenvalue weighted by Gasteiger charge is 2.32. The number of nitro benzene ring substituents is 2. The van der Waals surface area contributed by atoms with Crippen molar-refractivity contribution < 1.29 is 9.85 Å². The van der Waals surface area contributed by atoms with E-state index >= 15 is 0 Å². The first-order valence-corrected chi connectivity index (χ1v) is 4.76. The van der Waals surface area contributed by atoms with Crippen molar-refractivity contribution in [2.75, 3.05) is 6.67 Å². The minimum Gasteiger partial charge on any atom is -0.259 e. The molecule has 88 valence electrons. The molecule has 0 atom stereocenters. The normalized spacial score (nSPS) is 12.6. The van der Waals surface area contributed by atoms with Gasteiger partial charge in [0.2, 0.25) is 0 Å². The fourth-order valence-corrected chi connectivity index (χ4v) is 1.95. The van der Waals surface area contributed by atoms with Crippen LogP contribution in [0, 0.1) is 34.1 Å². The summed E-state index contributed by atoms with van der Waals surface area (Å²) in [5.74, 6) is 0. The van der Waals surface area contributed by atoms with Crippen molar-refractivity contribution >= 4 is 11.4 Å². The number of nitrogens with zero attached hydrogens (tertiary/aromatic N) is 4. The lowest BCUT2D eigenvalue weighted by molar-refractivity contribution is -0.423. The zero-order valence-electron chi connectivity index (χ0n) is 9.13. The molecule has 0 bridgehead atoms. The highest BCUT2D eigenvalue weighted by atomic mass is 16.6. The van der Waals surface area contributed by atoms with Crippen LogP contribution >= 0.6 is 0 Å². The Labute approximate surface area is 94.6 Å². The summed E-state index contributed by atoms with van der Waals surface area (Å²) in [4.78, 5) is 28.4. The molecule has 0 spiro atoms. The number of hydrogen-bond donors (Lipinski definition) is 0. The second kappa shape index (κ2) is 3.58. The molecule has 1 heterocycles. The molecule has 0 unspecified atom stereocenters. The molecule has 0 aromatic heterocycles. The Morgan fingerprint density at radius 3 is 1.59 bits per heavy atom. The van der Waals surface area contributed by atoms with Gasteiger partial charge in [-0.2, -0.15) is 0 Å². The Hall–Kier alpha value is -2.38. The minimum atomic E-state index is -0.741. The van der Waals surface area contributed by atoms with Crippen LogP contribution < -0.4 is 10.7 Å². The molecule has 1 aromatic rings. The maximum absolute atomic E-state index is 10.9. The molecule has 0 fully saturated rings. The Morgan fingerprint density at radius 2 is 1.29 bits per heavy atom. The number of rotatable bonds is 2. The summed E-state index contributed by atoms with van der Waals surface area (Å²) in [6.07, 6.45) is 0. The molecule has 0 saturated carbocycles. The van der Waals surface area contributed by atoms with Crippen molar-refractivity contribution in [3.8, 4) is 0 Å². The second-order valence-electron chi connectivity index (χ2n) is 3.62. The number of hydrogen-bond acceptors (Lipinski definition) is 6. The average Bonchev–Trinajstić information content (AvgIpc) is 2.70. The summed E-state index contributed by atoms with van der Waals surface area (Å²) in [7, 11) is 0. The van der Waals surface area contributed by atoms with Crippen molar-refractivity contribution in [1.29, 1.82) is 0 Å². The molecule has 0 aliphatic carbocycles. The number of fused-ring (bicyclic) bond motifs is 1. The first kappa shape index (κ1) is 11.1. The SMILES string of the molecule is Cc1c([N+](=O)[O-])c([N+](=O)[O-])c(C)c2c1=NCN=2. The fraction of sp³-hybridized carbons (Fsp3) is 0.333. The standard InChI is InChI=1S/C9H8N4O4/c1-4-6-7(11-3-10-6)5(2)9(13(16)17)8(4)12(14)15/h3H2,1-2H3. The van der Waals surface area contributed by atoms with E-state index in [1.807, 2.05) is 0 Å². The molecule has 2 rings (SSSR count). The lowest BCUT2D eigenvalue weighted by atomic mass is 10.1. The zero-order valence-corrected chi connectivity index (χ0v) is 9.13. The fourth-order valence-electron chi connectivity index (χ4n) is 1.95. The van der Waals surface area contributed by atoms with Crippen LogP contribution in [0.4, 0.5) is 11.4 Å². The van der Waals surface area contributed by atoms with Gasteiger partial charge in [0, 0.05) is 0 Å². The summed E-state index contributed by atoms with van der Waals surface area (Å²) in [6.45, 7) is 3.07. The predicted octanol–water partition coefficient (Wildman–Crippen LogP) is 0.330. The molecule has 0 amide bonds. The molecular weight excluding hydrogens is 228 g/mol. The summed E-state index contributed by atoms with van der Waals surface area (Å²) in [6, 6.07) is 0. The lowest BCUT2D eigenvalue weighted by Crippen LogP contribution is -2.30. The summed E-state index contributed by atoms with van der Waals surface area (Å²) in [5.41, 5.74) is -0.591. The Bertz CT molecular complexity index is 608. The molecule has 0 N–H and O–H groups in total. The minimum absolute atomic E-state index is 0.162. The van der Waals surface area contributed by atoms with E-state index in [-0.39, 0.29) is 17.8 Å². The van der Waals surface area contributed by atoms with Crippen LogP contribution in [0.3, 0.4) is 0 Å². The third-order valence-electron chi connectivity index (χ3n) is 2.69. The largest absolute Gasteiger partial charge is 0.351 e. The van der Waals surface area contributed by atoms with E-state index in [1.165, 1.54) is 13.8 Å². The third-order valence-corrected chi connectivity index (χ3v) is 2.69. The smallest absolute Gasteiger partial charge is 0.259 e. The van der Waals surface area contributed by atoms with Gasteiger partial charge in [0.1, 0.15) is 6.67 Å². The van der Waals surface area contributed by atoms with Crippen molar-refractivity contribution in [2.24, 2.45) is 9.98 Å². The summed E-state index contributed by atoms with van der Waals surface area (Å²) >= 11 is 0. The summed E-state index contributed by atoms with van der Waals surface area (Å²) in [5, 5.41) is 22.6. The van der Waals surface area contributed by atoms with Crippen molar-refractivity contribution in [3.63, 3.8) is 0 Å². The lowest BCUT2D eigenvalue weighted by Gasteiger charge is -2.01. The van der Waals surface area contributed by atoms with Crippen molar-refractivity contribution in [3.05, 3.63) is 42.1 Å². The quantitative estimate of drug-likeness (QED) is 0.544. The van der Waals surface area contributed by atoms with Gasteiger partial charge in [0.05, 0.1) is 31.7 Å². The predicted molar refractivity (Wildman–Crippen MR) is 56.4 cm³/mol. The second-order valence-corrected chi connectivity index (χ2v) is 3.62. The summed E-state index contributed by atoms with van der Waals surface area (Å²) < 4.78 is 0. The van der Waals surface area contributed by atoms with Gasteiger partial charge in [-0.15, -0.1) is 0 Å². The molecule has 8 nitrogen and oxygen atoms in total. The van der Waals surface area contributed by atoms with Gasteiger partial charge in [-0.3, -0.25) is 30.2 Å². The van der Waals surface area contributed by atoms with E-state index < -0.39 is 21.2 Å². The Kier molecular flexibility index (Phi) is 2.34. The molecule has 1 aromatic carbocycles. The topological polar surface area (TPSA) is 111 Å². The van der Waals surface area contributed by atoms with Crippen LogP contribution in [0.15, 0.2) is 9.98 Å². The maximum Gasteiger partial charge on any atom is 0.351 e. The van der Waals surface area contributed by atoms with E-state index in [4.69, 9.17) is 0 Å². The highest BCUT2D eigenvalue weighted by Crippen LogP contribution is 2.29. The monoisotopic (exact) mass is 236 g/mol. The van der Waals surface area contributed by atoms with Gasteiger partial charge >= 0.3 is 11.4 Å². The molecule has 1 aliphatic rings. The van der Waals surface area contributed by atoms with Gasteiger partial charge in [0.15, 0.2) is 0 Å². The molecular formula is C9H8N4O4. The molecule has 1 aliphatic heterocycles.